The summed E-state index contributed by atoms with van der Waals surface area (Å²) in [4.78, 5) is 60.8. The minimum absolute atomic E-state index is 0.00107. The average Bonchev–Trinajstić information content (AvgIpc) is 2.86. The minimum atomic E-state index is -2.60. The molecule has 2 N–H and O–H groups in total. The number of fused-ring (bicyclic) bond motifs is 1. The quantitative estimate of drug-likeness (QED) is 0.725. The largest absolute Gasteiger partial charge is 0.449 e. The summed E-state index contributed by atoms with van der Waals surface area (Å²) in [5, 5.41) is 4.37. The molecular weight excluding hydrogens is 380 g/mol. The van der Waals surface area contributed by atoms with E-state index in [0.29, 0.717) is 0 Å². The maximum Gasteiger partial charge on any atom is 0.411 e. The van der Waals surface area contributed by atoms with Crippen molar-refractivity contribution in [3.8, 4) is 0 Å². The smallest absolute Gasteiger partial charge is 0.411 e. The second-order valence-corrected chi connectivity index (χ2v) is 6.15. The molecule has 9 nitrogen and oxygen atoms in total. The molecule has 0 radical (unpaired) electrons. The van der Waals surface area contributed by atoms with Crippen LogP contribution in [0.3, 0.4) is 0 Å². The number of nitrogens with zero attached hydrogens (tertiary/aromatic N) is 1. The number of alkyl halides is 2. The van der Waals surface area contributed by atoms with Gasteiger partial charge in [-0.1, -0.05) is 0 Å². The van der Waals surface area contributed by atoms with E-state index < -0.39 is 55.2 Å². The summed E-state index contributed by atoms with van der Waals surface area (Å²) in [7, 11) is 0. The monoisotopic (exact) mass is 395 g/mol. The Morgan fingerprint density at radius 1 is 1.21 bits per heavy atom. The van der Waals surface area contributed by atoms with Crippen LogP contribution < -0.4 is 10.6 Å². The van der Waals surface area contributed by atoms with E-state index in [2.05, 4.69) is 15.4 Å². The topological polar surface area (TPSA) is 122 Å². The predicted molar refractivity (Wildman–Crippen MR) is 88.7 cm³/mol. The lowest BCUT2D eigenvalue weighted by Gasteiger charge is -2.27. The molecule has 1 saturated heterocycles. The highest BCUT2D eigenvalue weighted by Crippen LogP contribution is 2.29. The summed E-state index contributed by atoms with van der Waals surface area (Å²) >= 11 is 0. The van der Waals surface area contributed by atoms with Gasteiger partial charge in [0.25, 0.3) is 11.8 Å². The van der Waals surface area contributed by atoms with Crippen LogP contribution in [0.25, 0.3) is 0 Å². The number of halogens is 2. The van der Waals surface area contributed by atoms with Crippen molar-refractivity contribution >= 4 is 35.4 Å². The molecule has 1 aromatic carbocycles. The minimum Gasteiger partial charge on any atom is -0.449 e. The van der Waals surface area contributed by atoms with Crippen molar-refractivity contribution < 1.29 is 37.5 Å². The maximum absolute atomic E-state index is 12.6. The van der Waals surface area contributed by atoms with Crippen molar-refractivity contribution in [2.75, 3.05) is 11.9 Å². The van der Waals surface area contributed by atoms with Crippen LogP contribution in [0, 0.1) is 0 Å². The second-order valence-electron chi connectivity index (χ2n) is 6.15. The van der Waals surface area contributed by atoms with Crippen molar-refractivity contribution in [1.29, 1.82) is 0 Å². The predicted octanol–water partition coefficient (Wildman–Crippen LogP) is 1.29. The zero-order chi connectivity index (χ0) is 20.4. The van der Waals surface area contributed by atoms with Gasteiger partial charge >= 0.3 is 6.09 Å². The number of piperidine rings is 1. The molecule has 1 unspecified atom stereocenters. The molecule has 3 rings (SSSR count). The number of benzene rings is 1. The fraction of sp³-hybridized carbons (Fsp3) is 0.353. The Bertz CT molecular complexity index is 872. The normalized spacial score (nSPS) is 19.0. The molecule has 28 heavy (non-hydrogen) atoms. The van der Waals surface area contributed by atoms with E-state index in [0.717, 1.165) is 4.90 Å². The van der Waals surface area contributed by atoms with Gasteiger partial charge in [0.1, 0.15) is 6.04 Å². The van der Waals surface area contributed by atoms with E-state index in [1.807, 2.05) is 0 Å². The number of carbonyl (C=O) groups is 5. The standard InChI is InChI=1S/C17H15F2N3O6/c18-12(19)5-6-28-17(27)20-8-1-2-9-10(7-8)16(26)22(15(9)25)11-3-4-13(23)21-14(11)24/h1-2,7,11-12H,3-6H2,(H,20,27)(H,21,23,24). The van der Waals surface area contributed by atoms with E-state index in [1.54, 1.807) is 0 Å². The third-order valence-corrected chi connectivity index (χ3v) is 4.26. The second kappa shape index (κ2) is 7.71. The number of rotatable bonds is 5. The van der Waals surface area contributed by atoms with Gasteiger partial charge in [-0.2, -0.15) is 0 Å². The molecular formula is C17H15F2N3O6. The number of amides is 5. The number of imide groups is 2. The molecule has 11 heteroatoms. The van der Waals surface area contributed by atoms with Gasteiger partial charge in [-0.3, -0.25) is 34.7 Å². The van der Waals surface area contributed by atoms with Gasteiger partial charge in [-0.15, -0.1) is 0 Å². The molecule has 0 bridgehead atoms. The van der Waals surface area contributed by atoms with Crippen molar-refractivity contribution in [2.24, 2.45) is 0 Å². The summed E-state index contributed by atoms with van der Waals surface area (Å²) < 4.78 is 28.7. The van der Waals surface area contributed by atoms with Gasteiger partial charge in [0.05, 0.1) is 17.7 Å². The molecule has 2 aliphatic heterocycles. The first-order valence-electron chi connectivity index (χ1n) is 8.35. The summed E-state index contributed by atoms with van der Waals surface area (Å²) in [5.74, 6) is -2.62. The van der Waals surface area contributed by atoms with Crippen molar-refractivity contribution in [3.63, 3.8) is 0 Å². The number of ether oxygens (including phenoxy) is 1. The van der Waals surface area contributed by atoms with Crippen LogP contribution in [0.4, 0.5) is 19.3 Å². The Hall–Kier alpha value is -3.37. The molecule has 5 amide bonds. The van der Waals surface area contributed by atoms with Crippen LogP contribution in [0.1, 0.15) is 40.0 Å². The van der Waals surface area contributed by atoms with Gasteiger partial charge < -0.3 is 4.74 Å². The Morgan fingerprint density at radius 3 is 2.61 bits per heavy atom. The first-order chi connectivity index (χ1) is 13.3. The Labute approximate surface area is 157 Å². The fourth-order valence-electron chi connectivity index (χ4n) is 2.94. The maximum atomic E-state index is 12.6. The van der Waals surface area contributed by atoms with E-state index in [4.69, 9.17) is 0 Å². The van der Waals surface area contributed by atoms with Crippen LogP contribution in [-0.4, -0.2) is 53.7 Å². The number of carbonyl (C=O) groups excluding carboxylic acids is 5. The Balaban J connectivity index is 1.72. The number of hydrogen-bond donors (Lipinski definition) is 2. The third-order valence-electron chi connectivity index (χ3n) is 4.26. The summed E-state index contributed by atoms with van der Waals surface area (Å²) in [6, 6.07) is 2.78. The molecule has 2 heterocycles. The summed E-state index contributed by atoms with van der Waals surface area (Å²) in [6.07, 6.45) is -4.17. The molecule has 1 atom stereocenters. The highest BCUT2D eigenvalue weighted by Gasteiger charge is 2.44. The SMILES string of the molecule is O=C1CCC(N2C(=O)c3ccc(NC(=O)OCCC(F)F)cc3C2=O)C(=O)N1. The molecule has 0 spiro atoms. The molecule has 0 aromatic heterocycles. The first kappa shape index (κ1) is 19.4. The Kier molecular flexibility index (Phi) is 5.34. The number of hydrogen-bond acceptors (Lipinski definition) is 6. The van der Waals surface area contributed by atoms with E-state index >= 15 is 0 Å². The van der Waals surface area contributed by atoms with Crippen LogP contribution >= 0.6 is 0 Å². The van der Waals surface area contributed by atoms with Gasteiger partial charge in [0, 0.05) is 18.5 Å². The highest BCUT2D eigenvalue weighted by atomic mass is 19.3. The van der Waals surface area contributed by atoms with Crippen molar-refractivity contribution in [3.05, 3.63) is 29.3 Å². The van der Waals surface area contributed by atoms with E-state index in [-0.39, 0.29) is 29.7 Å². The van der Waals surface area contributed by atoms with Gasteiger partial charge in [-0.25, -0.2) is 13.6 Å². The number of anilines is 1. The summed E-state index contributed by atoms with van der Waals surface area (Å²) in [6.45, 7) is -0.477. The van der Waals surface area contributed by atoms with E-state index in [9.17, 15) is 32.8 Å². The molecule has 1 fully saturated rings. The lowest BCUT2D eigenvalue weighted by molar-refractivity contribution is -0.136. The van der Waals surface area contributed by atoms with Crippen LogP contribution in [0.2, 0.25) is 0 Å². The van der Waals surface area contributed by atoms with Gasteiger partial charge in [0.15, 0.2) is 0 Å². The van der Waals surface area contributed by atoms with Gasteiger partial charge in [-0.05, 0) is 24.6 Å². The molecule has 1 aromatic rings. The fourth-order valence-corrected chi connectivity index (χ4v) is 2.94. The van der Waals surface area contributed by atoms with Crippen LogP contribution in [0.5, 0.6) is 0 Å². The van der Waals surface area contributed by atoms with Crippen molar-refractivity contribution in [2.45, 2.75) is 31.7 Å². The Morgan fingerprint density at radius 2 is 1.93 bits per heavy atom. The zero-order valence-corrected chi connectivity index (χ0v) is 14.4. The third kappa shape index (κ3) is 3.82. The van der Waals surface area contributed by atoms with Crippen molar-refractivity contribution in [1.82, 2.24) is 10.2 Å². The zero-order valence-electron chi connectivity index (χ0n) is 14.4. The lowest BCUT2D eigenvalue weighted by Crippen LogP contribution is -2.54. The summed E-state index contributed by atoms with van der Waals surface area (Å²) in [5.41, 5.74) is 0.137. The molecule has 0 aliphatic carbocycles. The lowest BCUT2D eigenvalue weighted by atomic mass is 10.0. The molecule has 2 aliphatic rings. The molecule has 0 saturated carbocycles. The van der Waals surface area contributed by atoms with E-state index in [1.165, 1.54) is 18.2 Å². The van der Waals surface area contributed by atoms with Crippen LogP contribution in [0.15, 0.2) is 18.2 Å². The molecule has 148 valence electrons. The van der Waals surface area contributed by atoms with Crippen LogP contribution in [-0.2, 0) is 14.3 Å². The van der Waals surface area contributed by atoms with Gasteiger partial charge in [0.2, 0.25) is 18.2 Å². The first-order valence-corrected chi connectivity index (χ1v) is 8.35. The number of nitrogens with one attached hydrogen (secondary N) is 2. The highest BCUT2D eigenvalue weighted by molar-refractivity contribution is 6.23. The average molecular weight is 395 g/mol.